The molecule has 1 N–H and O–H groups in total. The van der Waals surface area contributed by atoms with Gasteiger partial charge in [0.1, 0.15) is 12.3 Å². The molecule has 0 atom stereocenters. The second-order valence-electron chi connectivity index (χ2n) is 6.95. The Morgan fingerprint density at radius 1 is 1.28 bits per heavy atom. The standard InChI is InChI=1S/C19H23N5O5/c1-14-12-17(21-29-14)20-18(25)13-23(11-10-22-8-2-3-9-22)19(26)15-4-6-16(7-5-15)24(27)28/h4-7,12H,2-3,8-11,13H2,1H3,(H,20,21,25). The number of non-ortho nitro benzene ring substituents is 1. The molecule has 1 aromatic carbocycles. The molecular formula is C19H23N5O5. The Balaban J connectivity index is 1.69. The second-order valence-corrected chi connectivity index (χ2v) is 6.95. The molecule has 10 nitrogen and oxygen atoms in total. The SMILES string of the molecule is Cc1cc(NC(=O)CN(CCN2CCCC2)C(=O)c2ccc([N+](=O)[O-])cc2)no1. The van der Waals surface area contributed by atoms with E-state index >= 15 is 0 Å². The Hall–Kier alpha value is -3.27. The first-order chi connectivity index (χ1) is 13.9. The van der Waals surface area contributed by atoms with Crippen molar-refractivity contribution in [2.24, 2.45) is 0 Å². The summed E-state index contributed by atoms with van der Waals surface area (Å²) in [6.45, 7) is 4.54. The summed E-state index contributed by atoms with van der Waals surface area (Å²) in [6.07, 6.45) is 2.25. The van der Waals surface area contributed by atoms with E-state index in [0.717, 1.165) is 25.9 Å². The van der Waals surface area contributed by atoms with E-state index in [-0.39, 0.29) is 24.0 Å². The minimum absolute atomic E-state index is 0.0932. The van der Waals surface area contributed by atoms with Crippen LogP contribution in [0.25, 0.3) is 0 Å². The molecule has 0 aliphatic carbocycles. The van der Waals surface area contributed by atoms with Crippen molar-refractivity contribution in [1.82, 2.24) is 15.0 Å². The molecule has 1 saturated heterocycles. The molecule has 154 valence electrons. The Morgan fingerprint density at radius 2 is 1.97 bits per heavy atom. The highest BCUT2D eigenvalue weighted by Crippen LogP contribution is 2.15. The van der Waals surface area contributed by atoms with E-state index in [1.807, 2.05) is 0 Å². The number of carbonyl (C=O) groups excluding carboxylic acids is 2. The van der Waals surface area contributed by atoms with Gasteiger partial charge in [-0.25, -0.2) is 0 Å². The number of nitrogens with zero attached hydrogens (tertiary/aromatic N) is 4. The summed E-state index contributed by atoms with van der Waals surface area (Å²) in [5.41, 5.74) is 0.200. The van der Waals surface area contributed by atoms with Crippen LogP contribution in [0.1, 0.15) is 29.0 Å². The zero-order valence-electron chi connectivity index (χ0n) is 16.2. The monoisotopic (exact) mass is 401 g/mol. The van der Waals surface area contributed by atoms with Gasteiger partial charge in [-0.05, 0) is 45.0 Å². The quantitative estimate of drug-likeness (QED) is 0.531. The van der Waals surface area contributed by atoms with Gasteiger partial charge in [0.25, 0.3) is 11.6 Å². The predicted octanol–water partition coefficient (Wildman–Crippen LogP) is 2.07. The average Bonchev–Trinajstić information content (AvgIpc) is 3.36. The van der Waals surface area contributed by atoms with Gasteiger partial charge in [-0.3, -0.25) is 19.7 Å². The third-order valence-electron chi connectivity index (χ3n) is 4.73. The minimum atomic E-state index is -0.521. The van der Waals surface area contributed by atoms with Gasteiger partial charge in [0, 0.05) is 36.9 Å². The zero-order chi connectivity index (χ0) is 20.8. The van der Waals surface area contributed by atoms with Gasteiger partial charge in [-0.2, -0.15) is 0 Å². The highest BCUT2D eigenvalue weighted by atomic mass is 16.6. The Kier molecular flexibility index (Phi) is 6.55. The van der Waals surface area contributed by atoms with Gasteiger partial charge in [0.2, 0.25) is 5.91 Å². The molecule has 1 fully saturated rings. The van der Waals surface area contributed by atoms with Crippen LogP contribution in [0.4, 0.5) is 11.5 Å². The highest BCUT2D eigenvalue weighted by Gasteiger charge is 2.22. The third kappa shape index (κ3) is 5.61. The molecule has 2 amide bonds. The Morgan fingerprint density at radius 3 is 2.55 bits per heavy atom. The number of aryl methyl sites for hydroxylation is 1. The first kappa shape index (κ1) is 20.5. The minimum Gasteiger partial charge on any atom is -0.360 e. The summed E-state index contributed by atoms with van der Waals surface area (Å²) in [4.78, 5) is 39.4. The van der Waals surface area contributed by atoms with Crippen LogP contribution in [0, 0.1) is 17.0 Å². The maximum Gasteiger partial charge on any atom is 0.269 e. The summed E-state index contributed by atoms with van der Waals surface area (Å²) in [5, 5.41) is 17.2. The van der Waals surface area contributed by atoms with Crippen molar-refractivity contribution in [3.05, 3.63) is 51.8 Å². The van der Waals surface area contributed by atoms with Crippen LogP contribution in [0.5, 0.6) is 0 Å². The van der Waals surface area contributed by atoms with E-state index < -0.39 is 10.8 Å². The molecule has 0 saturated carbocycles. The maximum atomic E-state index is 12.9. The molecule has 2 aromatic rings. The molecule has 2 heterocycles. The largest absolute Gasteiger partial charge is 0.360 e. The number of benzene rings is 1. The fourth-order valence-electron chi connectivity index (χ4n) is 3.21. The van der Waals surface area contributed by atoms with Crippen molar-refractivity contribution in [3.8, 4) is 0 Å². The van der Waals surface area contributed by atoms with Crippen LogP contribution in [0.2, 0.25) is 0 Å². The van der Waals surface area contributed by atoms with Crippen LogP contribution in [-0.2, 0) is 4.79 Å². The molecular weight excluding hydrogens is 378 g/mol. The summed E-state index contributed by atoms with van der Waals surface area (Å²) in [7, 11) is 0. The van der Waals surface area contributed by atoms with Crippen LogP contribution in [0.15, 0.2) is 34.9 Å². The van der Waals surface area contributed by atoms with E-state index in [0.29, 0.717) is 24.4 Å². The maximum absolute atomic E-state index is 12.9. The number of amides is 2. The first-order valence-corrected chi connectivity index (χ1v) is 9.41. The van der Waals surface area contributed by atoms with Crippen molar-refractivity contribution in [2.75, 3.05) is 38.0 Å². The van der Waals surface area contributed by atoms with Crippen LogP contribution >= 0.6 is 0 Å². The van der Waals surface area contributed by atoms with Gasteiger partial charge in [0.15, 0.2) is 5.82 Å². The normalized spacial score (nSPS) is 14.0. The van der Waals surface area contributed by atoms with Crippen LogP contribution < -0.4 is 5.32 Å². The molecule has 0 unspecified atom stereocenters. The Labute approximate surface area is 167 Å². The number of carbonyl (C=O) groups is 2. The van der Waals surface area contributed by atoms with Gasteiger partial charge >= 0.3 is 0 Å². The number of anilines is 1. The molecule has 1 aliphatic heterocycles. The lowest BCUT2D eigenvalue weighted by molar-refractivity contribution is -0.384. The van der Waals surface area contributed by atoms with Crippen molar-refractivity contribution < 1.29 is 19.0 Å². The number of nitro benzene ring substituents is 1. The van der Waals surface area contributed by atoms with Crippen LogP contribution in [-0.4, -0.2) is 64.4 Å². The van der Waals surface area contributed by atoms with Gasteiger partial charge in [-0.1, -0.05) is 5.16 Å². The Bertz CT molecular complexity index is 873. The zero-order valence-corrected chi connectivity index (χ0v) is 16.2. The summed E-state index contributed by atoms with van der Waals surface area (Å²) >= 11 is 0. The number of hydrogen-bond donors (Lipinski definition) is 1. The third-order valence-corrected chi connectivity index (χ3v) is 4.73. The number of rotatable bonds is 8. The number of nitro groups is 1. The fourth-order valence-corrected chi connectivity index (χ4v) is 3.21. The number of nitrogens with one attached hydrogen (secondary N) is 1. The molecule has 0 bridgehead atoms. The first-order valence-electron chi connectivity index (χ1n) is 9.41. The van der Waals surface area contributed by atoms with E-state index in [9.17, 15) is 19.7 Å². The smallest absolute Gasteiger partial charge is 0.269 e. The van der Waals surface area contributed by atoms with Crippen molar-refractivity contribution in [2.45, 2.75) is 19.8 Å². The number of hydrogen-bond acceptors (Lipinski definition) is 7. The molecule has 3 rings (SSSR count). The molecule has 0 radical (unpaired) electrons. The predicted molar refractivity (Wildman–Crippen MR) is 105 cm³/mol. The lowest BCUT2D eigenvalue weighted by atomic mass is 10.1. The van der Waals surface area contributed by atoms with Gasteiger partial charge in [-0.15, -0.1) is 0 Å². The van der Waals surface area contributed by atoms with E-state index in [1.54, 1.807) is 13.0 Å². The summed E-state index contributed by atoms with van der Waals surface area (Å²) in [6, 6.07) is 6.96. The van der Waals surface area contributed by atoms with E-state index in [2.05, 4.69) is 15.4 Å². The van der Waals surface area contributed by atoms with E-state index in [4.69, 9.17) is 4.52 Å². The summed E-state index contributed by atoms with van der Waals surface area (Å²) < 4.78 is 4.93. The van der Waals surface area contributed by atoms with Gasteiger partial charge in [0.05, 0.1) is 4.92 Å². The van der Waals surface area contributed by atoms with E-state index in [1.165, 1.54) is 29.2 Å². The van der Waals surface area contributed by atoms with Crippen molar-refractivity contribution in [1.29, 1.82) is 0 Å². The number of aromatic nitrogens is 1. The number of likely N-dealkylation sites (tertiary alicyclic amines) is 1. The highest BCUT2D eigenvalue weighted by molar-refractivity contribution is 5.99. The summed E-state index contributed by atoms with van der Waals surface area (Å²) in [5.74, 6) is 0.100. The molecule has 10 heteroatoms. The molecule has 1 aliphatic rings. The van der Waals surface area contributed by atoms with Gasteiger partial charge < -0.3 is 19.6 Å². The molecule has 0 spiro atoms. The fraction of sp³-hybridized carbons (Fsp3) is 0.421. The van der Waals surface area contributed by atoms with Crippen LogP contribution in [0.3, 0.4) is 0 Å². The topological polar surface area (TPSA) is 122 Å². The molecule has 29 heavy (non-hydrogen) atoms. The lowest BCUT2D eigenvalue weighted by Gasteiger charge is -2.25. The second kappa shape index (κ2) is 9.28. The molecule has 1 aromatic heterocycles. The van der Waals surface area contributed by atoms with Crippen molar-refractivity contribution in [3.63, 3.8) is 0 Å². The van der Waals surface area contributed by atoms with Crippen molar-refractivity contribution >= 4 is 23.3 Å². The average molecular weight is 401 g/mol. The lowest BCUT2D eigenvalue weighted by Crippen LogP contribution is -2.42.